The zero-order valence-corrected chi connectivity index (χ0v) is 16.9. The number of hydrogen-bond acceptors (Lipinski definition) is 5. The minimum atomic E-state index is -0.304. The van der Waals surface area contributed by atoms with Gasteiger partial charge in [-0.2, -0.15) is 5.10 Å². The van der Waals surface area contributed by atoms with Gasteiger partial charge in [0.15, 0.2) is 0 Å². The van der Waals surface area contributed by atoms with Gasteiger partial charge >= 0.3 is 0 Å². The van der Waals surface area contributed by atoms with Crippen LogP contribution in [0.5, 0.6) is 0 Å². The van der Waals surface area contributed by atoms with Crippen LogP contribution in [-0.2, 0) is 11.3 Å². The lowest BCUT2D eigenvalue weighted by Gasteiger charge is -2.30. The zero-order valence-electron chi connectivity index (χ0n) is 16.9. The quantitative estimate of drug-likeness (QED) is 0.767. The number of carbonyl (C=O) groups is 1. The number of aromatic nitrogens is 3. The third-order valence-corrected chi connectivity index (χ3v) is 5.52. The molecular weight excluding hydrogens is 354 g/mol. The highest BCUT2D eigenvalue weighted by Gasteiger charge is 2.35. The van der Waals surface area contributed by atoms with Crippen molar-refractivity contribution in [1.29, 1.82) is 0 Å². The summed E-state index contributed by atoms with van der Waals surface area (Å²) < 4.78 is 1.18. The first-order valence-electron chi connectivity index (χ1n) is 10.0. The maximum atomic E-state index is 12.0. The molecule has 0 aliphatic heterocycles. The number of nitrogens with zero attached hydrogens (tertiary/aromatic N) is 3. The van der Waals surface area contributed by atoms with Crippen LogP contribution in [0.4, 0.5) is 5.82 Å². The summed E-state index contributed by atoms with van der Waals surface area (Å²) in [5, 5.41) is 10.6. The van der Waals surface area contributed by atoms with Crippen molar-refractivity contribution in [2.75, 3.05) is 11.9 Å². The molecule has 1 aliphatic rings. The van der Waals surface area contributed by atoms with Gasteiger partial charge in [0.05, 0.1) is 5.69 Å². The molecule has 0 spiro atoms. The highest BCUT2D eigenvalue weighted by molar-refractivity contribution is 5.75. The highest BCUT2D eigenvalue weighted by atomic mass is 16.2. The van der Waals surface area contributed by atoms with Crippen molar-refractivity contribution in [1.82, 2.24) is 20.1 Å². The van der Waals surface area contributed by atoms with Crippen LogP contribution < -0.4 is 16.2 Å². The smallest absolute Gasteiger partial charge is 0.267 e. The summed E-state index contributed by atoms with van der Waals surface area (Å²) in [5.41, 5.74) is 1.25. The second kappa shape index (κ2) is 8.54. The monoisotopic (exact) mass is 383 g/mol. The summed E-state index contributed by atoms with van der Waals surface area (Å²) in [6, 6.07) is 6.99. The van der Waals surface area contributed by atoms with Crippen LogP contribution in [-0.4, -0.2) is 32.8 Å². The van der Waals surface area contributed by atoms with Crippen molar-refractivity contribution < 1.29 is 4.79 Å². The maximum Gasteiger partial charge on any atom is 0.267 e. The second-order valence-corrected chi connectivity index (χ2v) is 7.71. The Morgan fingerprint density at radius 1 is 1.29 bits per heavy atom. The van der Waals surface area contributed by atoms with E-state index in [4.69, 9.17) is 0 Å². The van der Waals surface area contributed by atoms with Gasteiger partial charge in [0, 0.05) is 29.9 Å². The molecule has 1 saturated carbocycles. The van der Waals surface area contributed by atoms with Crippen LogP contribution in [0.15, 0.2) is 35.3 Å². The van der Waals surface area contributed by atoms with Crippen molar-refractivity contribution in [2.45, 2.75) is 58.5 Å². The van der Waals surface area contributed by atoms with Crippen molar-refractivity contribution in [3.63, 3.8) is 0 Å². The van der Waals surface area contributed by atoms with E-state index in [2.05, 4.69) is 34.6 Å². The molecule has 2 aromatic rings. The summed E-state index contributed by atoms with van der Waals surface area (Å²) >= 11 is 0. The Labute approximate surface area is 165 Å². The molecule has 2 heterocycles. The van der Waals surface area contributed by atoms with E-state index in [1.807, 2.05) is 19.1 Å². The van der Waals surface area contributed by atoms with Gasteiger partial charge in [0.1, 0.15) is 12.4 Å². The fraction of sp³-hybridized carbons (Fsp3) is 0.524. The van der Waals surface area contributed by atoms with Crippen molar-refractivity contribution >= 4 is 11.7 Å². The predicted molar refractivity (Wildman–Crippen MR) is 110 cm³/mol. The molecule has 2 aromatic heterocycles. The number of amides is 1. The van der Waals surface area contributed by atoms with Crippen LogP contribution in [0.25, 0.3) is 11.3 Å². The molecule has 1 amide bonds. The van der Waals surface area contributed by atoms with Gasteiger partial charge in [-0.25, -0.2) is 9.67 Å². The van der Waals surface area contributed by atoms with Crippen molar-refractivity contribution in [3.05, 3.63) is 40.8 Å². The summed E-state index contributed by atoms with van der Waals surface area (Å²) in [7, 11) is 0. The Kier molecular flexibility index (Phi) is 6.11. The van der Waals surface area contributed by atoms with Crippen LogP contribution in [0.1, 0.15) is 46.5 Å². The Balaban J connectivity index is 1.76. The molecule has 7 heteroatoms. The number of nitrogens with one attached hydrogen (secondary N) is 2. The first-order valence-corrected chi connectivity index (χ1v) is 10.0. The lowest BCUT2D eigenvalue weighted by atomic mass is 9.93. The molecule has 3 rings (SSSR count). The Bertz CT molecular complexity index is 877. The normalized spacial score (nSPS) is 21.5. The average molecular weight is 383 g/mol. The van der Waals surface area contributed by atoms with Crippen LogP contribution in [0.3, 0.4) is 0 Å². The Morgan fingerprint density at radius 2 is 2.11 bits per heavy atom. The number of anilines is 1. The molecule has 150 valence electrons. The minimum absolute atomic E-state index is 0.0925. The molecule has 1 fully saturated rings. The fourth-order valence-corrected chi connectivity index (χ4v) is 3.91. The molecule has 2 atom stereocenters. The fourth-order valence-electron chi connectivity index (χ4n) is 3.91. The van der Waals surface area contributed by atoms with E-state index in [9.17, 15) is 9.59 Å². The van der Waals surface area contributed by atoms with Crippen molar-refractivity contribution in [3.8, 4) is 11.3 Å². The Hall–Kier alpha value is -2.70. The van der Waals surface area contributed by atoms with Gasteiger partial charge in [-0.15, -0.1) is 0 Å². The second-order valence-electron chi connectivity index (χ2n) is 7.71. The van der Waals surface area contributed by atoms with E-state index in [1.54, 1.807) is 12.3 Å². The van der Waals surface area contributed by atoms with Gasteiger partial charge in [-0.3, -0.25) is 9.59 Å². The molecule has 2 unspecified atom stereocenters. The number of pyridine rings is 1. The molecule has 0 radical (unpaired) electrons. The predicted octanol–water partition coefficient (Wildman–Crippen LogP) is 2.82. The molecule has 28 heavy (non-hydrogen) atoms. The van der Waals surface area contributed by atoms with Gasteiger partial charge in [-0.05, 0) is 56.7 Å². The van der Waals surface area contributed by atoms with E-state index < -0.39 is 0 Å². The topological polar surface area (TPSA) is 88.9 Å². The zero-order chi connectivity index (χ0) is 20.1. The van der Waals surface area contributed by atoms with Crippen LogP contribution in [0, 0.1) is 5.92 Å². The maximum absolute atomic E-state index is 12.0. The molecule has 0 aromatic carbocycles. The van der Waals surface area contributed by atoms with Gasteiger partial charge < -0.3 is 10.6 Å². The Morgan fingerprint density at radius 3 is 2.71 bits per heavy atom. The minimum Gasteiger partial charge on any atom is -0.365 e. The molecule has 7 nitrogen and oxygen atoms in total. The summed E-state index contributed by atoms with van der Waals surface area (Å²) in [4.78, 5) is 28.3. The molecule has 1 aliphatic carbocycles. The van der Waals surface area contributed by atoms with E-state index in [-0.39, 0.29) is 23.6 Å². The first-order chi connectivity index (χ1) is 13.4. The van der Waals surface area contributed by atoms with Crippen molar-refractivity contribution in [2.24, 2.45) is 5.92 Å². The van der Waals surface area contributed by atoms with E-state index >= 15 is 0 Å². The molecular formula is C21H29N5O2. The molecule has 2 N–H and O–H groups in total. The van der Waals surface area contributed by atoms with Gasteiger partial charge in [0.25, 0.3) is 5.56 Å². The SMILES string of the molecule is CCNC(=O)Cn1nc(-c2ccc(NC3(CC)CCC(C)C3)nc2)ccc1=O. The molecule has 0 bridgehead atoms. The number of likely N-dealkylation sites (N-methyl/N-ethyl adjacent to an activating group) is 1. The van der Waals surface area contributed by atoms with Crippen LogP contribution in [0.2, 0.25) is 0 Å². The number of hydrogen-bond donors (Lipinski definition) is 2. The van der Waals surface area contributed by atoms with Gasteiger partial charge in [0.2, 0.25) is 5.91 Å². The van der Waals surface area contributed by atoms with Crippen LogP contribution >= 0.6 is 0 Å². The summed E-state index contributed by atoms with van der Waals surface area (Å²) in [6.45, 7) is 6.79. The van der Waals surface area contributed by atoms with E-state index in [0.717, 1.165) is 23.7 Å². The van der Waals surface area contributed by atoms with E-state index in [0.29, 0.717) is 12.2 Å². The summed E-state index contributed by atoms with van der Waals surface area (Å²) in [6.07, 6.45) is 6.41. The van der Waals surface area contributed by atoms with Gasteiger partial charge in [-0.1, -0.05) is 13.8 Å². The third-order valence-electron chi connectivity index (χ3n) is 5.52. The first kappa shape index (κ1) is 20.0. The van der Waals surface area contributed by atoms with E-state index in [1.165, 1.54) is 30.0 Å². The average Bonchev–Trinajstić information content (AvgIpc) is 3.05. The number of carbonyl (C=O) groups excluding carboxylic acids is 1. The highest BCUT2D eigenvalue weighted by Crippen LogP contribution is 2.38. The summed E-state index contributed by atoms with van der Waals surface area (Å²) in [5.74, 6) is 1.36. The molecule has 0 saturated heterocycles. The standard InChI is InChI=1S/C21H29N5O2/c1-4-21(11-10-15(3)12-21)24-18-8-6-16(13-23-18)17-7-9-20(28)26(25-17)14-19(27)22-5-2/h6-9,13,15H,4-5,10-12,14H2,1-3H3,(H,22,27)(H,23,24). The third kappa shape index (κ3) is 4.58. The largest absolute Gasteiger partial charge is 0.365 e. The number of rotatable bonds is 7. The lowest BCUT2D eigenvalue weighted by molar-refractivity contribution is -0.121. The lowest BCUT2D eigenvalue weighted by Crippen LogP contribution is -2.35.